The van der Waals surface area contributed by atoms with Gasteiger partial charge in [0.15, 0.2) is 5.78 Å². The van der Waals surface area contributed by atoms with Gasteiger partial charge in [-0.3, -0.25) is 14.4 Å². The summed E-state index contributed by atoms with van der Waals surface area (Å²) < 4.78 is 13.2. The van der Waals surface area contributed by atoms with Gasteiger partial charge in [0.2, 0.25) is 0 Å². The first-order valence-corrected chi connectivity index (χ1v) is 8.23. The summed E-state index contributed by atoms with van der Waals surface area (Å²) >= 11 is 5.74. The minimum atomic E-state index is -0.538. The SMILES string of the molecule is CN(Cc1ccc(F)c(Cl)c1)C(=O)c1cc2c([nH]c1=O)CCCC2=O. The first kappa shape index (κ1) is 17.4. The molecule has 1 aliphatic rings. The number of hydrogen-bond acceptors (Lipinski definition) is 3. The number of aromatic nitrogens is 1. The zero-order chi connectivity index (χ0) is 18.1. The first-order chi connectivity index (χ1) is 11.9. The molecule has 5 nitrogen and oxygen atoms in total. The van der Waals surface area contributed by atoms with Gasteiger partial charge in [-0.15, -0.1) is 0 Å². The first-order valence-electron chi connectivity index (χ1n) is 7.85. The third kappa shape index (κ3) is 3.49. The number of nitrogens with zero attached hydrogens (tertiary/aromatic N) is 1. The van der Waals surface area contributed by atoms with Crippen LogP contribution in [-0.2, 0) is 13.0 Å². The zero-order valence-electron chi connectivity index (χ0n) is 13.6. The molecule has 1 aliphatic carbocycles. The van der Waals surface area contributed by atoms with Crippen LogP contribution >= 0.6 is 11.6 Å². The Morgan fingerprint density at radius 3 is 2.76 bits per heavy atom. The van der Waals surface area contributed by atoms with Crippen LogP contribution in [0.2, 0.25) is 5.02 Å². The highest BCUT2D eigenvalue weighted by Crippen LogP contribution is 2.20. The van der Waals surface area contributed by atoms with Crippen molar-refractivity contribution in [2.75, 3.05) is 7.05 Å². The number of hydrogen-bond donors (Lipinski definition) is 1. The van der Waals surface area contributed by atoms with Crippen LogP contribution in [0.4, 0.5) is 4.39 Å². The number of benzene rings is 1. The van der Waals surface area contributed by atoms with Crippen LogP contribution in [0.3, 0.4) is 0 Å². The number of ketones is 1. The van der Waals surface area contributed by atoms with Crippen LogP contribution < -0.4 is 5.56 Å². The molecule has 1 N–H and O–H groups in total. The van der Waals surface area contributed by atoms with Crippen molar-refractivity contribution >= 4 is 23.3 Å². The molecule has 0 saturated heterocycles. The van der Waals surface area contributed by atoms with Crippen LogP contribution in [0.25, 0.3) is 0 Å². The number of H-pyrrole nitrogens is 1. The number of halogens is 2. The summed E-state index contributed by atoms with van der Waals surface area (Å²) in [4.78, 5) is 40.8. The van der Waals surface area contributed by atoms with Gasteiger partial charge < -0.3 is 9.88 Å². The Hall–Kier alpha value is -2.47. The Morgan fingerprint density at radius 1 is 1.28 bits per heavy atom. The highest BCUT2D eigenvalue weighted by atomic mass is 35.5. The second-order valence-corrected chi connectivity index (χ2v) is 6.50. The predicted octanol–water partition coefficient (Wildman–Crippen LogP) is 2.96. The van der Waals surface area contributed by atoms with Gasteiger partial charge in [-0.1, -0.05) is 17.7 Å². The van der Waals surface area contributed by atoms with Gasteiger partial charge in [0.1, 0.15) is 11.4 Å². The third-order valence-electron chi connectivity index (χ3n) is 4.23. The molecule has 0 saturated carbocycles. The molecule has 2 aromatic rings. The van der Waals surface area contributed by atoms with Crippen LogP contribution in [0.15, 0.2) is 29.1 Å². The number of rotatable bonds is 3. The lowest BCUT2D eigenvalue weighted by Crippen LogP contribution is -2.33. The molecule has 0 bridgehead atoms. The Morgan fingerprint density at radius 2 is 2.04 bits per heavy atom. The van der Waals surface area contributed by atoms with Crippen molar-refractivity contribution in [2.24, 2.45) is 0 Å². The summed E-state index contributed by atoms with van der Waals surface area (Å²) in [6, 6.07) is 5.55. The van der Waals surface area contributed by atoms with Crippen molar-refractivity contribution in [3.63, 3.8) is 0 Å². The fourth-order valence-corrected chi connectivity index (χ4v) is 3.13. The van der Waals surface area contributed by atoms with E-state index in [0.717, 1.165) is 0 Å². The van der Waals surface area contributed by atoms with Crippen LogP contribution in [0.5, 0.6) is 0 Å². The smallest absolute Gasteiger partial charge is 0.261 e. The molecule has 0 aliphatic heterocycles. The van der Waals surface area contributed by atoms with E-state index in [1.807, 2.05) is 0 Å². The maximum Gasteiger partial charge on any atom is 0.261 e. The lowest BCUT2D eigenvalue weighted by Gasteiger charge is -2.19. The molecule has 1 amide bonds. The van der Waals surface area contributed by atoms with E-state index in [2.05, 4.69) is 4.98 Å². The summed E-state index contributed by atoms with van der Waals surface area (Å²) in [5.74, 6) is -1.12. The average molecular weight is 363 g/mol. The van der Waals surface area contributed by atoms with Gasteiger partial charge in [-0.2, -0.15) is 0 Å². The topological polar surface area (TPSA) is 70.2 Å². The predicted molar refractivity (Wildman–Crippen MR) is 91.5 cm³/mol. The normalized spacial score (nSPS) is 13.5. The Bertz CT molecular complexity index is 923. The number of fused-ring (bicyclic) bond motifs is 1. The van der Waals surface area contributed by atoms with E-state index in [-0.39, 0.29) is 22.9 Å². The van der Waals surface area contributed by atoms with Crippen LogP contribution in [-0.4, -0.2) is 28.6 Å². The monoisotopic (exact) mass is 362 g/mol. The van der Waals surface area contributed by atoms with Gasteiger partial charge in [-0.05, 0) is 36.6 Å². The molecule has 1 aromatic heterocycles. The number of Topliss-reactive ketones (excluding diaryl/α,β-unsaturated/α-hetero) is 1. The maximum atomic E-state index is 13.2. The minimum absolute atomic E-state index is 0.0319. The molecule has 1 aromatic carbocycles. The molecule has 130 valence electrons. The zero-order valence-corrected chi connectivity index (χ0v) is 14.3. The molecule has 25 heavy (non-hydrogen) atoms. The summed E-state index contributed by atoms with van der Waals surface area (Å²) in [7, 11) is 1.53. The van der Waals surface area contributed by atoms with E-state index in [0.29, 0.717) is 36.1 Å². The van der Waals surface area contributed by atoms with Crippen molar-refractivity contribution in [1.82, 2.24) is 9.88 Å². The summed E-state index contributed by atoms with van der Waals surface area (Å²) in [6.45, 7) is 0.156. The second kappa shape index (κ2) is 6.80. The van der Waals surface area contributed by atoms with Crippen molar-refractivity contribution in [2.45, 2.75) is 25.8 Å². The Balaban J connectivity index is 1.87. The molecule has 3 rings (SSSR count). The third-order valence-corrected chi connectivity index (χ3v) is 4.52. The lowest BCUT2D eigenvalue weighted by molar-refractivity contribution is 0.0783. The molecular formula is C18H16ClFN2O3. The molecular weight excluding hydrogens is 347 g/mol. The number of carbonyl (C=O) groups excluding carboxylic acids is 2. The minimum Gasteiger partial charge on any atom is -0.337 e. The molecule has 0 radical (unpaired) electrons. The molecule has 1 heterocycles. The van der Waals surface area contributed by atoms with Gasteiger partial charge in [0.05, 0.1) is 5.02 Å². The van der Waals surface area contributed by atoms with E-state index >= 15 is 0 Å². The van der Waals surface area contributed by atoms with E-state index < -0.39 is 17.3 Å². The molecule has 0 unspecified atom stereocenters. The molecule has 0 fully saturated rings. The summed E-state index contributed by atoms with van der Waals surface area (Å²) in [5.41, 5.74) is 1.04. The lowest BCUT2D eigenvalue weighted by atomic mass is 9.93. The van der Waals surface area contributed by atoms with Crippen molar-refractivity contribution in [3.05, 3.63) is 67.8 Å². The standard InChI is InChI=1S/C18H16ClFN2O3/c1-22(9-10-5-6-14(20)13(19)7-10)18(25)12-8-11-15(21-17(12)24)3-2-4-16(11)23/h5-8H,2-4,9H2,1H3,(H,21,24). The number of carbonyl (C=O) groups is 2. The largest absolute Gasteiger partial charge is 0.337 e. The quantitative estimate of drug-likeness (QED) is 0.912. The number of aryl methyl sites for hydroxylation is 1. The molecule has 0 spiro atoms. The number of pyridine rings is 1. The number of amides is 1. The molecule has 7 heteroatoms. The van der Waals surface area contributed by atoms with Gasteiger partial charge in [-0.25, -0.2) is 4.39 Å². The van der Waals surface area contributed by atoms with Crippen molar-refractivity contribution in [1.29, 1.82) is 0 Å². The number of nitrogens with one attached hydrogen (secondary N) is 1. The maximum absolute atomic E-state index is 13.2. The van der Waals surface area contributed by atoms with Crippen molar-refractivity contribution in [3.8, 4) is 0 Å². The summed E-state index contributed by atoms with van der Waals surface area (Å²) in [5, 5.41) is -0.0319. The Labute approximate surface area is 148 Å². The number of aromatic amines is 1. The highest BCUT2D eigenvalue weighted by molar-refractivity contribution is 6.30. The van der Waals surface area contributed by atoms with Crippen molar-refractivity contribution < 1.29 is 14.0 Å². The second-order valence-electron chi connectivity index (χ2n) is 6.09. The van der Waals surface area contributed by atoms with E-state index in [4.69, 9.17) is 11.6 Å². The van der Waals surface area contributed by atoms with Gasteiger partial charge >= 0.3 is 0 Å². The average Bonchev–Trinajstić information content (AvgIpc) is 2.57. The van der Waals surface area contributed by atoms with Gasteiger partial charge in [0, 0.05) is 31.3 Å². The van der Waals surface area contributed by atoms with Crippen LogP contribution in [0.1, 0.15) is 44.8 Å². The Kier molecular flexibility index (Phi) is 4.72. The van der Waals surface area contributed by atoms with E-state index in [9.17, 15) is 18.8 Å². The van der Waals surface area contributed by atoms with Gasteiger partial charge in [0.25, 0.3) is 11.5 Å². The highest BCUT2D eigenvalue weighted by Gasteiger charge is 2.23. The fourth-order valence-electron chi connectivity index (χ4n) is 2.92. The fraction of sp³-hybridized carbons (Fsp3) is 0.278. The van der Waals surface area contributed by atoms with Crippen LogP contribution in [0, 0.1) is 5.82 Å². The molecule has 0 atom stereocenters. The summed E-state index contributed by atoms with van der Waals surface area (Å²) in [6.07, 6.45) is 1.73. The van der Waals surface area contributed by atoms with E-state index in [1.165, 1.54) is 36.2 Å². The van der Waals surface area contributed by atoms with E-state index in [1.54, 1.807) is 0 Å².